The summed E-state index contributed by atoms with van der Waals surface area (Å²) in [7, 11) is 0. The minimum atomic E-state index is -0.235. The second kappa shape index (κ2) is 5.10. The molecule has 1 aromatic carbocycles. The van der Waals surface area contributed by atoms with E-state index in [1.54, 1.807) is 0 Å². The van der Waals surface area contributed by atoms with Crippen LogP contribution in [0, 0.1) is 0 Å². The molecule has 1 heterocycles. The fourth-order valence-corrected chi connectivity index (χ4v) is 1.73. The molecular formula is C13H17N3O. The van der Waals surface area contributed by atoms with E-state index in [1.807, 2.05) is 25.1 Å². The van der Waals surface area contributed by atoms with Gasteiger partial charge >= 0.3 is 0 Å². The van der Waals surface area contributed by atoms with Gasteiger partial charge in [0.25, 0.3) is 0 Å². The number of aryl methyl sites for hydroxylation is 1. The third-order valence-corrected chi connectivity index (χ3v) is 2.95. The molecule has 17 heavy (non-hydrogen) atoms. The smallest absolute Gasteiger partial charge is 0.226 e. The molecule has 4 nitrogen and oxygen atoms in total. The molecule has 0 saturated heterocycles. The van der Waals surface area contributed by atoms with Gasteiger partial charge in [-0.2, -0.15) is 4.98 Å². The summed E-state index contributed by atoms with van der Waals surface area (Å²) in [4.78, 5) is 4.27. The van der Waals surface area contributed by atoms with Gasteiger partial charge in [0.15, 0.2) is 5.82 Å². The topological polar surface area (TPSA) is 64.9 Å². The Morgan fingerprint density at radius 3 is 2.59 bits per heavy atom. The molecule has 0 radical (unpaired) electrons. The van der Waals surface area contributed by atoms with Crippen LogP contribution in [0.5, 0.6) is 0 Å². The Balaban J connectivity index is 2.17. The Kier molecular flexibility index (Phi) is 3.54. The lowest BCUT2D eigenvalue weighted by Crippen LogP contribution is -2.19. The number of hydrogen-bond acceptors (Lipinski definition) is 4. The van der Waals surface area contributed by atoms with E-state index >= 15 is 0 Å². The average molecular weight is 231 g/mol. The first kappa shape index (κ1) is 11.8. The molecule has 0 aliphatic carbocycles. The van der Waals surface area contributed by atoms with Gasteiger partial charge in [-0.1, -0.05) is 49.3 Å². The molecule has 0 bridgehead atoms. The van der Waals surface area contributed by atoms with Crippen LogP contribution < -0.4 is 5.73 Å². The molecule has 2 aromatic rings. The van der Waals surface area contributed by atoms with Gasteiger partial charge in [-0.25, -0.2) is 0 Å². The van der Waals surface area contributed by atoms with Crippen molar-refractivity contribution >= 4 is 0 Å². The SMILES string of the molecule is CCc1nc(C(N)C(C)c2ccccc2)no1. The van der Waals surface area contributed by atoms with Crippen molar-refractivity contribution in [2.45, 2.75) is 32.2 Å². The zero-order valence-corrected chi connectivity index (χ0v) is 10.1. The predicted octanol–water partition coefficient (Wildman–Crippen LogP) is 2.44. The number of nitrogens with zero attached hydrogens (tertiary/aromatic N) is 2. The Morgan fingerprint density at radius 1 is 1.29 bits per heavy atom. The Labute approximate surface area is 101 Å². The van der Waals surface area contributed by atoms with Gasteiger partial charge in [0, 0.05) is 12.3 Å². The van der Waals surface area contributed by atoms with Gasteiger partial charge in [-0.05, 0) is 5.56 Å². The van der Waals surface area contributed by atoms with E-state index < -0.39 is 0 Å². The first-order valence-electron chi connectivity index (χ1n) is 5.85. The predicted molar refractivity (Wildman–Crippen MR) is 65.5 cm³/mol. The van der Waals surface area contributed by atoms with Crippen LogP contribution in [0.3, 0.4) is 0 Å². The number of hydrogen-bond donors (Lipinski definition) is 1. The quantitative estimate of drug-likeness (QED) is 0.877. The molecule has 0 amide bonds. The fourth-order valence-electron chi connectivity index (χ4n) is 1.73. The Bertz CT molecular complexity index is 467. The van der Waals surface area contributed by atoms with Crippen LogP contribution >= 0.6 is 0 Å². The van der Waals surface area contributed by atoms with Crippen LogP contribution in [0.1, 0.15) is 43.1 Å². The normalized spacial score (nSPS) is 14.5. The fraction of sp³-hybridized carbons (Fsp3) is 0.385. The van der Waals surface area contributed by atoms with E-state index in [4.69, 9.17) is 10.3 Å². The lowest BCUT2D eigenvalue weighted by molar-refractivity contribution is 0.370. The Morgan fingerprint density at radius 2 is 2.00 bits per heavy atom. The number of rotatable bonds is 4. The van der Waals surface area contributed by atoms with Gasteiger partial charge < -0.3 is 10.3 Å². The maximum atomic E-state index is 6.15. The summed E-state index contributed by atoms with van der Waals surface area (Å²) in [5.41, 5.74) is 7.34. The first-order chi connectivity index (χ1) is 8.22. The van der Waals surface area contributed by atoms with Gasteiger partial charge in [-0.3, -0.25) is 0 Å². The van der Waals surface area contributed by atoms with Crippen molar-refractivity contribution in [2.24, 2.45) is 5.73 Å². The van der Waals surface area contributed by atoms with E-state index in [-0.39, 0.29) is 12.0 Å². The minimum Gasteiger partial charge on any atom is -0.339 e. The van der Waals surface area contributed by atoms with E-state index in [9.17, 15) is 0 Å². The monoisotopic (exact) mass is 231 g/mol. The summed E-state index contributed by atoms with van der Waals surface area (Å²) in [5, 5.41) is 3.92. The summed E-state index contributed by atoms with van der Waals surface area (Å²) in [6.45, 7) is 4.05. The lowest BCUT2D eigenvalue weighted by atomic mass is 9.93. The van der Waals surface area contributed by atoms with Gasteiger partial charge in [0.1, 0.15) is 0 Å². The van der Waals surface area contributed by atoms with E-state index in [1.165, 1.54) is 5.56 Å². The molecular weight excluding hydrogens is 214 g/mol. The molecule has 0 aliphatic heterocycles. The molecule has 90 valence electrons. The summed E-state index contributed by atoms with van der Waals surface area (Å²) in [6.07, 6.45) is 0.736. The van der Waals surface area contributed by atoms with E-state index in [2.05, 4.69) is 29.2 Å². The van der Waals surface area contributed by atoms with Crippen molar-refractivity contribution in [3.63, 3.8) is 0 Å². The molecule has 2 N–H and O–H groups in total. The van der Waals surface area contributed by atoms with Crippen molar-refractivity contribution in [3.8, 4) is 0 Å². The molecule has 2 atom stereocenters. The summed E-state index contributed by atoms with van der Waals surface area (Å²) in [5.74, 6) is 1.38. The van der Waals surface area contributed by atoms with Crippen molar-refractivity contribution in [3.05, 3.63) is 47.6 Å². The molecule has 2 unspecified atom stereocenters. The Hall–Kier alpha value is -1.68. The maximum Gasteiger partial charge on any atom is 0.226 e. The minimum absolute atomic E-state index is 0.165. The van der Waals surface area contributed by atoms with Crippen LogP contribution in [-0.4, -0.2) is 10.1 Å². The molecule has 0 spiro atoms. The highest BCUT2D eigenvalue weighted by molar-refractivity contribution is 5.21. The van der Waals surface area contributed by atoms with Crippen molar-refractivity contribution < 1.29 is 4.52 Å². The average Bonchev–Trinajstić information content (AvgIpc) is 2.87. The largest absolute Gasteiger partial charge is 0.339 e. The number of nitrogens with two attached hydrogens (primary N) is 1. The molecule has 4 heteroatoms. The standard InChI is InChI=1S/C13H17N3O/c1-3-11-15-13(16-17-11)12(14)9(2)10-7-5-4-6-8-10/h4-9,12H,3,14H2,1-2H3. The van der Waals surface area contributed by atoms with E-state index in [0.717, 1.165) is 6.42 Å². The molecule has 0 saturated carbocycles. The van der Waals surface area contributed by atoms with Crippen LogP contribution in [0.15, 0.2) is 34.9 Å². The van der Waals surface area contributed by atoms with Crippen LogP contribution in [-0.2, 0) is 6.42 Å². The first-order valence-corrected chi connectivity index (χ1v) is 5.85. The van der Waals surface area contributed by atoms with Gasteiger partial charge in [0.2, 0.25) is 5.89 Å². The second-order valence-corrected chi connectivity index (χ2v) is 4.13. The molecule has 1 aromatic heterocycles. The van der Waals surface area contributed by atoms with Crippen LogP contribution in [0.4, 0.5) is 0 Å². The van der Waals surface area contributed by atoms with Crippen molar-refractivity contribution in [2.75, 3.05) is 0 Å². The number of aromatic nitrogens is 2. The van der Waals surface area contributed by atoms with E-state index in [0.29, 0.717) is 11.7 Å². The van der Waals surface area contributed by atoms with Gasteiger partial charge in [-0.15, -0.1) is 0 Å². The zero-order chi connectivity index (χ0) is 12.3. The molecule has 0 aliphatic rings. The third-order valence-electron chi connectivity index (χ3n) is 2.95. The van der Waals surface area contributed by atoms with Crippen molar-refractivity contribution in [1.82, 2.24) is 10.1 Å². The molecule has 2 rings (SSSR count). The second-order valence-electron chi connectivity index (χ2n) is 4.13. The summed E-state index contributed by atoms with van der Waals surface area (Å²) >= 11 is 0. The van der Waals surface area contributed by atoms with Crippen LogP contribution in [0.25, 0.3) is 0 Å². The highest BCUT2D eigenvalue weighted by Crippen LogP contribution is 2.26. The highest BCUT2D eigenvalue weighted by atomic mass is 16.5. The lowest BCUT2D eigenvalue weighted by Gasteiger charge is -2.16. The third kappa shape index (κ3) is 2.53. The maximum absolute atomic E-state index is 6.15. The highest BCUT2D eigenvalue weighted by Gasteiger charge is 2.21. The van der Waals surface area contributed by atoms with Gasteiger partial charge in [0.05, 0.1) is 6.04 Å². The van der Waals surface area contributed by atoms with Crippen molar-refractivity contribution in [1.29, 1.82) is 0 Å². The van der Waals surface area contributed by atoms with Crippen LogP contribution in [0.2, 0.25) is 0 Å². The zero-order valence-electron chi connectivity index (χ0n) is 10.1. The summed E-state index contributed by atoms with van der Waals surface area (Å²) in [6, 6.07) is 9.89. The number of benzene rings is 1. The summed E-state index contributed by atoms with van der Waals surface area (Å²) < 4.78 is 5.08. The molecule has 0 fully saturated rings.